The topological polar surface area (TPSA) is 264 Å². The number of benzene rings is 2. The van der Waals surface area contributed by atoms with Gasteiger partial charge in [0, 0.05) is 14.7 Å². The number of nitrogens with one attached hydrogen (secondary N) is 1. The van der Waals surface area contributed by atoms with Gasteiger partial charge < -0.3 is 43.6 Å². The van der Waals surface area contributed by atoms with E-state index in [-0.39, 0.29) is 38.9 Å². The number of carbonyl (C=O) groups is 1. The van der Waals surface area contributed by atoms with E-state index in [0.717, 1.165) is 11.1 Å². The second-order valence-corrected chi connectivity index (χ2v) is 13.8. The Bertz CT molecular complexity index is 1630. The number of nitrogens with zero attached hydrogens (tertiary/aromatic N) is 9. The first-order valence-corrected chi connectivity index (χ1v) is 17.2. The predicted octanol–water partition coefficient (Wildman–Crippen LogP) is 5.38. The monoisotopic (exact) mass is 736 g/mol. The van der Waals surface area contributed by atoms with Crippen LogP contribution in [-0.4, -0.2) is 104 Å². The van der Waals surface area contributed by atoms with Gasteiger partial charge in [-0.2, -0.15) is 0 Å². The van der Waals surface area contributed by atoms with Gasteiger partial charge in [-0.3, -0.25) is 0 Å². The molecule has 3 aliphatic rings. The summed E-state index contributed by atoms with van der Waals surface area (Å²) in [6.07, 6.45) is -9.23. The van der Waals surface area contributed by atoms with E-state index in [1.807, 2.05) is 60.7 Å². The fourth-order valence-electron chi connectivity index (χ4n) is 6.26. The van der Waals surface area contributed by atoms with Crippen LogP contribution in [0.25, 0.3) is 31.3 Å². The molecule has 3 fully saturated rings. The number of rotatable bonds is 16. The summed E-state index contributed by atoms with van der Waals surface area (Å²) in [5.74, 6) is 0. The van der Waals surface area contributed by atoms with Gasteiger partial charge in [0.15, 0.2) is 6.29 Å². The van der Waals surface area contributed by atoms with Crippen molar-refractivity contribution in [3.8, 4) is 0 Å². The summed E-state index contributed by atoms with van der Waals surface area (Å²) in [4.78, 5) is 21.8. The smallest absolute Gasteiger partial charge is 0.407 e. The molecule has 0 bridgehead atoms. The lowest BCUT2D eigenvalue weighted by Crippen LogP contribution is -2.65. The SMILES string of the molecule is CC(C)(C)OC(=O)N[C@@H]1CC(N=[N+]=[N-])C(O[C@H]2OC(CN=[N+]=[N-])[C@@H](OCc3ccccc3)[C@H](OCc3ccccc3)C2N=[N+]=[N-])[C@H](O)C1OC[C@H]1CO1. The zero-order valence-corrected chi connectivity index (χ0v) is 29.6. The van der Waals surface area contributed by atoms with Crippen LogP contribution in [0.5, 0.6) is 0 Å². The van der Waals surface area contributed by atoms with Crippen molar-refractivity contribution in [1.82, 2.24) is 5.32 Å². The van der Waals surface area contributed by atoms with Crippen LogP contribution in [0, 0.1) is 0 Å². The summed E-state index contributed by atoms with van der Waals surface area (Å²) >= 11 is 0. The van der Waals surface area contributed by atoms with Crippen LogP contribution in [0.15, 0.2) is 76.0 Å². The highest BCUT2D eigenvalue weighted by Gasteiger charge is 2.52. The van der Waals surface area contributed by atoms with Gasteiger partial charge in [-0.05, 0) is 54.9 Å². The number of hydrogen-bond acceptors (Lipinski definition) is 12. The number of carbonyl (C=O) groups excluding carboxylic acids is 1. The van der Waals surface area contributed by atoms with Crippen LogP contribution in [-0.2, 0) is 46.4 Å². The van der Waals surface area contributed by atoms with E-state index < -0.39 is 72.7 Å². The van der Waals surface area contributed by atoms with E-state index >= 15 is 0 Å². The molecule has 1 saturated carbocycles. The quantitative estimate of drug-likeness (QED) is 0.0968. The molecule has 1 aliphatic carbocycles. The van der Waals surface area contributed by atoms with Crippen molar-refractivity contribution in [2.45, 2.75) is 113 Å². The Labute approximate surface area is 305 Å². The molecule has 53 heavy (non-hydrogen) atoms. The number of aliphatic hydroxyl groups is 1. The third-order valence-corrected chi connectivity index (χ3v) is 8.71. The first-order chi connectivity index (χ1) is 25.6. The average Bonchev–Trinajstić information content (AvgIpc) is 3.96. The second-order valence-electron chi connectivity index (χ2n) is 13.8. The molecule has 5 unspecified atom stereocenters. The third-order valence-electron chi connectivity index (χ3n) is 8.71. The fourth-order valence-corrected chi connectivity index (χ4v) is 6.26. The average molecular weight is 737 g/mol. The highest BCUT2D eigenvalue weighted by molar-refractivity contribution is 5.68. The van der Waals surface area contributed by atoms with Crippen molar-refractivity contribution in [2.75, 3.05) is 19.8 Å². The van der Waals surface area contributed by atoms with E-state index in [4.69, 9.17) is 33.2 Å². The van der Waals surface area contributed by atoms with Crippen molar-refractivity contribution in [3.63, 3.8) is 0 Å². The Morgan fingerprint density at radius 2 is 1.51 bits per heavy atom. The lowest BCUT2D eigenvalue weighted by molar-refractivity contribution is -0.301. The number of aliphatic hydroxyl groups excluding tert-OH is 1. The van der Waals surface area contributed by atoms with Crippen LogP contribution in [0.3, 0.4) is 0 Å². The molecule has 19 heteroatoms. The molecule has 5 rings (SSSR count). The van der Waals surface area contributed by atoms with Crippen molar-refractivity contribution < 1.29 is 43.1 Å². The molecular weight excluding hydrogens is 692 g/mol. The van der Waals surface area contributed by atoms with Gasteiger partial charge in [0.2, 0.25) is 0 Å². The number of alkyl carbamates (subject to hydrolysis) is 1. The van der Waals surface area contributed by atoms with Crippen LogP contribution < -0.4 is 5.32 Å². The fraction of sp³-hybridized carbons (Fsp3) is 0.618. The Morgan fingerprint density at radius 1 is 0.887 bits per heavy atom. The standard InChI is InChI=1S/C34H44N10O9/c1-34(2,3)53-33(46)39-23-14-24(40-43-36)29(27(45)28(23)50-19-22-18-47-22)52-32-26(41-44-37)31(49-17-21-12-8-5-9-13-21)30(25(51-32)15-38-42-35)48-16-20-10-6-4-7-11-20/h4-13,22-32,45H,14-19H2,1-3H3,(H,39,46)/t22-,23-,24?,25?,26?,27-,28?,29?,30-,31-,32-/m1/s1. The molecule has 2 saturated heterocycles. The number of amides is 1. The molecule has 11 atom stereocenters. The molecule has 19 nitrogen and oxygen atoms in total. The van der Waals surface area contributed by atoms with Crippen LogP contribution in [0.2, 0.25) is 0 Å². The van der Waals surface area contributed by atoms with Gasteiger partial charge in [-0.15, -0.1) is 0 Å². The van der Waals surface area contributed by atoms with Gasteiger partial charge >= 0.3 is 6.09 Å². The molecule has 2 aliphatic heterocycles. The van der Waals surface area contributed by atoms with Crippen LogP contribution in [0.4, 0.5) is 4.79 Å². The predicted molar refractivity (Wildman–Crippen MR) is 187 cm³/mol. The second kappa shape index (κ2) is 18.9. The molecule has 284 valence electrons. The van der Waals surface area contributed by atoms with Crippen molar-refractivity contribution >= 4 is 6.09 Å². The van der Waals surface area contributed by atoms with Crippen LogP contribution >= 0.6 is 0 Å². The number of hydrogen-bond donors (Lipinski definition) is 2. The van der Waals surface area contributed by atoms with Gasteiger partial charge in [0.1, 0.15) is 42.2 Å². The maximum Gasteiger partial charge on any atom is 0.407 e. The molecule has 0 spiro atoms. The Balaban J connectivity index is 1.46. The zero-order valence-electron chi connectivity index (χ0n) is 29.6. The summed E-state index contributed by atoms with van der Waals surface area (Å²) in [5.41, 5.74) is 29.5. The van der Waals surface area contributed by atoms with E-state index in [9.17, 15) is 26.5 Å². The molecule has 1 amide bonds. The van der Waals surface area contributed by atoms with Gasteiger partial charge in [0.25, 0.3) is 0 Å². The van der Waals surface area contributed by atoms with Crippen molar-refractivity contribution in [3.05, 3.63) is 103 Å². The molecular formula is C34H44N10O9. The Hall–Kier alpha value is -4.64. The molecule has 2 N–H and O–H groups in total. The lowest BCUT2D eigenvalue weighted by Gasteiger charge is -2.48. The molecule has 0 aromatic heterocycles. The van der Waals surface area contributed by atoms with E-state index in [1.165, 1.54) is 0 Å². The van der Waals surface area contributed by atoms with Gasteiger partial charge in [-0.25, -0.2) is 4.79 Å². The molecule has 2 aromatic rings. The Morgan fingerprint density at radius 3 is 2.08 bits per heavy atom. The van der Waals surface area contributed by atoms with E-state index in [2.05, 4.69) is 35.4 Å². The number of azide groups is 3. The highest BCUT2D eigenvalue weighted by atomic mass is 16.7. The minimum absolute atomic E-state index is 0.0287. The summed E-state index contributed by atoms with van der Waals surface area (Å²) in [6.45, 7) is 5.70. The lowest BCUT2D eigenvalue weighted by atomic mass is 9.83. The number of ether oxygens (including phenoxy) is 7. The highest BCUT2D eigenvalue weighted by Crippen LogP contribution is 2.35. The Kier molecular flexibility index (Phi) is 14.1. The largest absolute Gasteiger partial charge is 0.444 e. The van der Waals surface area contributed by atoms with Crippen LogP contribution in [0.1, 0.15) is 38.3 Å². The maximum atomic E-state index is 12.8. The minimum Gasteiger partial charge on any atom is -0.444 e. The van der Waals surface area contributed by atoms with Crippen molar-refractivity contribution in [2.24, 2.45) is 15.3 Å². The molecule has 2 aromatic carbocycles. The summed E-state index contributed by atoms with van der Waals surface area (Å²) in [7, 11) is 0. The first-order valence-electron chi connectivity index (χ1n) is 17.2. The summed E-state index contributed by atoms with van der Waals surface area (Å²) in [6, 6.07) is 15.5. The first kappa shape index (κ1) is 39.6. The summed E-state index contributed by atoms with van der Waals surface area (Å²) in [5, 5.41) is 26.3. The van der Waals surface area contributed by atoms with Gasteiger partial charge in [0.05, 0.1) is 57.3 Å². The summed E-state index contributed by atoms with van der Waals surface area (Å²) < 4.78 is 42.4. The third kappa shape index (κ3) is 11.4. The maximum absolute atomic E-state index is 12.8. The molecule has 0 radical (unpaired) electrons. The molecule has 2 heterocycles. The van der Waals surface area contributed by atoms with Gasteiger partial charge in [-0.1, -0.05) is 76.0 Å². The minimum atomic E-state index is -1.51. The van der Waals surface area contributed by atoms with Crippen molar-refractivity contribution in [1.29, 1.82) is 0 Å². The van der Waals surface area contributed by atoms with E-state index in [0.29, 0.717) is 6.61 Å². The van der Waals surface area contributed by atoms with E-state index in [1.54, 1.807) is 20.8 Å². The number of epoxide rings is 1. The zero-order chi connectivity index (χ0) is 37.8. The normalized spacial score (nSPS) is 30.8.